The maximum Gasteiger partial charge on any atom is 0.222 e. The Kier molecular flexibility index (Phi) is 5.41. The van der Waals surface area contributed by atoms with Crippen LogP contribution in [-0.4, -0.2) is 24.0 Å². The highest BCUT2D eigenvalue weighted by Crippen LogP contribution is 2.29. The van der Waals surface area contributed by atoms with Crippen molar-refractivity contribution < 1.29 is 9.53 Å². The molecule has 0 saturated heterocycles. The summed E-state index contributed by atoms with van der Waals surface area (Å²) in [6.07, 6.45) is 4.93. The molecule has 1 N–H and O–H groups in total. The number of hydrogen-bond acceptors (Lipinski definition) is 4. The second-order valence-corrected chi connectivity index (χ2v) is 6.89. The third kappa shape index (κ3) is 4.18. The lowest BCUT2D eigenvalue weighted by Crippen LogP contribution is -2.29. The van der Waals surface area contributed by atoms with Crippen LogP contribution in [0.25, 0.3) is 0 Å². The number of amides is 1. The van der Waals surface area contributed by atoms with Gasteiger partial charge in [0.15, 0.2) is 0 Å². The summed E-state index contributed by atoms with van der Waals surface area (Å²) in [7, 11) is 0. The van der Waals surface area contributed by atoms with Gasteiger partial charge in [-0.15, -0.1) is 11.3 Å². The number of aromatic nitrogens is 1. The van der Waals surface area contributed by atoms with E-state index in [1.807, 2.05) is 18.3 Å². The molecule has 1 aliphatic heterocycles. The Morgan fingerprint density at radius 1 is 1.43 bits per heavy atom. The van der Waals surface area contributed by atoms with E-state index in [9.17, 15) is 4.79 Å². The van der Waals surface area contributed by atoms with E-state index in [1.54, 1.807) is 11.3 Å². The molecule has 5 heteroatoms. The fraction of sp³-hybridized carbons (Fsp3) is 0.444. The Hall–Kier alpha value is -1.72. The molecular weight excluding hydrogens is 308 g/mol. The fourth-order valence-corrected chi connectivity index (χ4v) is 3.68. The molecule has 0 bridgehead atoms. The molecule has 0 fully saturated rings. The van der Waals surface area contributed by atoms with Crippen LogP contribution in [0.15, 0.2) is 30.5 Å². The third-order valence-corrected chi connectivity index (χ3v) is 5.28. The van der Waals surface area contributed by atoms with Crippen molar-refractivity contribution in [3.8, 4) is 0 Å². The van der Waals surface area contributed by atoms with E-state index in [1.165, 1.54) is 10.4 Å². The number of hydrogen-bond donors (Lipinski definition) is 1. The number of carbonyl (C=O) groups is 1. The Balaban J connectivity index is 1.48. The zero-order chi connectivity index (χ0) is 16.1. The summed E-state index contributed by atoms with van der Waals surface area (Å²) in [5, 5.41) is 4.07. The van der Waals surface area contributed by atoms with Gasteiger partial charge < -0.3 is 10.1 Å². The first-order chi connectivity index (χ1) is 11.3. The maximum absolute atomic E-state index is 12.2. The van der Waals surface area contributed by atoms with Crippen molar-refractivity contribution in [2.24, 2.45) is 0 Å². The lowest BCUT2D eigenvalue weighted by Gasteiger charge is -2.25. The predicted molar refractivity (Wildman–Crippen MR) is 91.7 cm³/mol. The molecule has 23 heavy (non-hydrogen) atoms. The van der Waals surface area contributed by atoms with Crippen molar-refractivity contribution in [3.05, 3.63) is 51.5 Å². The van der Waals surface area contributed by atoms with Gasteiger partial charge in [0.1, 0.15) is 0 Å². The number of fused-ring (bicyclic) bond motifs is 1. The minimum absolute atomic E-state index is 0.0407. The number of thiazole rings is 1. The SMILES string of the molecule is CCc1cnc(CCNC(=O)CC2OCCc3ccccc32)s1. The smallest absolute Gasteiger partial charge is 0.222 e. The first-order valence-electron chi connectivity index (χ1n) is 8.16. The van der Waals surface area contributed by atoms with Gasteiger partial charge in [0.25, 0.3) is 0 Å². The lowest BCUT2D eigenvalue weighted by atomic mass is 9.95. The van der Waals surface area contributed by atoms with Crippen molar-refractivity contribution in [2.75, 3.05) is 13.2 Å². The standard InChI is InChI=1S/C18H22N2O2S/c1-2-14-12-20-18(23-14)7-9-19-17(21)11-16-15-6-4-3-5-13(15)8-10-22-16/h3-6,12,16H,2,7-11H2,1H3,(H,19,21). The van der Waals surface area contributed by atoms with Gasteiger partial charge in [-0.05, 0) is 24.0 Å². The highest BCUT2D eigenvalue weighted by molar-refractivity contribution is 7.11. The van der Waals surface area contributed by atoms with E-state index < -0.39 is 0 Å². The molecule has 1 aromatic carbocycles. The zero-order valence-corrected chi connectivity index (χ0v) is 14.2. The van der Waals surface area contributed by atoms with E-state index in [0.717, 1.165) is 29.8 Å². The quantitative estimate of drug-likeness (QED) is 0.885. The van der Waals surface area contributed by atoms with Crippen LogP contribution in [0.5, 0.6) is 0 Å². The largest absolute Gasteiger partial charge is 0.373 e. The number of nitrogens with one attached hydrogen (secondary N) is 1. The van der Waals surface area contributed by atoms with Gasteiger partial charge in [-0.25, -0.2) is 4.98 Å². The van der Waals surface area contributed by atoms with Gasteiger partial charge in [-0.3, -0.25) is 4.79 Å². The molecule has 0 saturated carbocycles. The van der Waals surface area contributed by atoms with Crippen molar-refractivity contribution >= 4 is 17.2 Å². The van der Waals surface area contributed by atoms with Crippen LogP contribution in [0.2, 0.25) is 0 Å². The molecule has 4 nitrogen and oxygen atoms in total. The number of nitrogens with zero attached hydrogens (tertiary/aromatic N) is 1. The molecule has 0 aliphatic carbocycles. The van der Waals surface area contributed by atoms with Crippen molar-refractivity contribution in [1.82, 2.24) is 10.3 Å². The average Bonchev–Trinajstić information content (AvgIpc) is 3.03. The molecule has 122 valence electrons. The second-order valence-electron chi connectivity index (χ2n) is 5.69. The fourth-order valence-electron chi connectivity index (χ4n) is 2.82. The number of benzene rings is 1. The van der Waals surface area contributed by atoms with Gasteiger partial charge in [-0.2, -0.15) is 0 Å². The summed E-state index contributed by atoms with van der Waals surface area (Å²) in [5.74, 6) is 0.0407. The monoisotopic (exact) mass is 330 g/mol. The summed E-state index contributed by atoms with van der Waals surface area (Å²) in [6, 6.07) is 8.23. The molecule has 3 rings (SSSR count). The molecule has 1 atom stereocenters. The molecule has 1 amide bonds. The Labute approximate surface area is 140 Å². The molecule has 0 spiro atoms. The minimum atomic E-state index is -0.119. The van der Waals surface area contributed by atoms with Gasteiger partial charge in [-0.1, -0.05) is 31.2 Å². The summed E-state index contributed by atoms with van der Waals surface area (Å²) in [4.78, 5) is 17.8. The molecule has 1 aliphatic rings. The number of rotatable bonds is 6. The van der Waals surface area contributed by atoms with Crippen molar-refractivity contribution in [1.29, 1.82) is 0 Å². The van der Waals surface area contributed by atoms with Gasteiger partial charge in [0, 0.05) is 24.0 Å². The third-order valence-electron chi connectivity index (χ3n) is 4.07. The first-order valence-corrected chi connectivity index (χ1v) is 8.97. The molecule has 2 aromatic rings. The topological polar surface area (TPSA) is 51.2 Å². The summed E-state index contributed by atoms with van der Waals surface area (Å²) >= 11 is 1.72. The number of carbonyl (C=O) groups excluding carboxylic acids is 1. The van der Waals surface area contributed by atoms with E-state index >= 15 is 0 Å². The highest BCUT2D eigenvalue weighted by Gasteiger charge is 2.22. The van der Waals surface area contributed by atoms with Crippen LogP contribution in [0, 0.1) is 0 Å². The summed E-state index contributed by atoms with van der Waals surface area (Å²) < 4.78 is 5.79. The van der Waals surface area contributed by atoms with E-state index in [-0.39, 0.29) is 12.0 Å². The number of aryl methyl sites for hydroxylation is 1. The van der Waals surface area contributed by atoms with Crippen LogP contribution in [0.4, 0.5) is 0 Å². The first kappa shape index (κ1) is 16.1. The molecule has 0 radical (unpaired) electrons. The van der Waals surface area contributed by atoms with Crippen LogP contribution in [0.3, 0.4) is 0 Å². The van der Waals surface area contributed by atoms with E-state index in [2.05, 4.69) is 29.4 Å². The van der Waals surface area contributed by atoms with Crippen LogP contribution in [0.1, 0.15) is 40.5 Å². The van der Waals surface area contributed by atoms with E-state index in [0.29, 0.717) is 19.6 Å². The number of ether oxygens (including phenoxy) is 1. The van der Waals surface area contributed by atoms with Crippen LogP contribution in [-0.2, 0) is 28.8 Å². The Morgan fingerprint density at radius 2 is 2.30 bits per heavy atom. The maximum atomic E-state index is 12.2. The predicted octanol–water partition coefficient (Wildman–Crippen LogP) is 3.07. The van der Waals surface area contributed by atoms with Gasteiger partial charge >= 0.3 is 0 Å². The van der Waals surface area contributed by atoms with Gasteiger partial charge in [0.05, 0.1) is 24.1 Å². The molecule has 2 heterocycles. The van der Waals surface area contributed by atoms with E-state index in [4.69, 9.17) is 4.74 Å². The highest BCUT2D eigenvalue weighted by atomic mass is 32.1. The molecular formula is C18H22N2O2S. The zero-order valence-electron chi connectivity index (χ0n) is 13.4. The van der Waals surface area contributed by atoms with Crippen LogP contribution >= 0.6 is 11.3 Å². The summed E-state index contributed by atoms with van der Waals surface area (Å²) in [5.41, 5.74) is 2.45. The molecule has 1 aromatic heterocycles. The minimum Gasteiger partial charge on any atom is -0.373 e. The molecule has 1 unspecified atom stereocenters. The lowest BCUT2D eigenvalue weighted by molar-refractivity contribution is -0.124. The Morgan fingerprint density at radius 3 is 3.13 bits per heavy atom. The summed E-state index contributed by atoms with van der Waals surface area (Å²) in [6.45, 7) is 3.44. The van der Waals surface area contributed by atoms with Gasteiger partial charge in [0.2, 0.25) is 5.91 Å². The normalized spacial score (nSPS) is 16.8. The van der Waals surface area contributed by atoms with Crippen LogP contribution < -0.4 is 5.32 Å². The van der Waals surface area contributed by atoms with Crippen molar-refractivity contribution in [2.45, 2.75) is 38.7 Å². The Bertz CT molecular complexity index is 669. The second kappa shape index (κ2) is 7.70. The average molecular weight is 330 g/mol. The van der Waals surface area contributed by atoms with Crippen molar-refractivity contribution in [3.63, 3.8) is 0 Å².